The van der Waals surface area contributed by atoms with Crippen LogP contribution in [0.15, 0.2) is 36.9 Å². The summed E-state index contributed by atoms with van der Waals surface area (Å²) in [4.78, 5) is 15.5. The molecule has 2 rings (SSSR count). The van der Waals surface area contributed by atoms with Crippen molar-refractivity contribution >= 4 is 17.8 Å². The number of aliphatic hydroxyl groups is 3. The van der Waals surface area contributed by atoms with Crippen LogP contribution < -0.4 is 34.7 Å². The minimum atomic E-state index is -1.40. The first-order valence-corrected chi connectivity index (χ1v) is 10.9. The monoisotopic (exact) mass is 479 g/mol. The zero-order chi connectivity index (χ0) is 24.9. The van der Waals surface area contributed by atoms with Crippen molar-refractivity contribution in [1.82, 2.24) is 4.98 Å². The fraction of sp³-hybridized carbons (Fsp3) is 0.385. The Kier molecular flexibility index (Phi) is 11.6. The van der Waals surface area contributed by atoms with Crippen LogP contribution in [0.4, 0.5) is 4.39 Å². The molecular formula is C26H31FNNaO5. The number of aromatic nitrogens is 1. The van der Waals surface area contributed by atoms with Crippen LogP contribution in [0.3, 0.4) is 0 Å². The van der Waals surface area contributed by atoms with Gasteiger partial charge >= 0.3 is 29.6 Å². The van der Waals surface area contributed by atoms with E-state index in [9.17, 15) is 29.6 Å². The van der Waals surface area contributed by atoms with E-state index in [1.807, 2.05) is 27.7 Å². The Labute approximate surface area is 222 Å². The summed E-state index contributed by atoms with van der Waals surface area (Å²) in [6.07, 6.45) is -0.0931. The van der Waals surface area contributed by atoms with E-state index in [1.54, 1.807) is 18.2 Å². The second-order valence-corrected chi connectivity index (χ2v) is 8.70. The number of carboxylic acid groups (broad SMARTS) is 1. The normalized spacial score (nSPS) is 13.2. The summed E-state index contributed by atoms with van der Waals surface area (Å²) < 4.78 is 13.6. The quantitative estimate of drug-likeness (QED) is 0.345. The van der Waals surface area contributed by atoms with Gasteiger partial charge in [-0.15, -0.1) is 0 Å². The predicted molar refractivity (Wildman–Crippen MR) is 125 cm³/mol. The molecule has 0 radical (unpaired) electrons. The Morgan fingerprint density at radius 2 is 1.68 bits per heavy atom. The van der Waals surface area contributed by atoms with E-state index in [0.29, 0.717) is 33.6 Å². The molecule has 1 aromatic heterocycles. The molecule has 34 heavy (non-hydrogen) atoms. The summed E-state index contributed by atoms with van der Waals surface area (Å²) in [6, 6.07) is 5.84. The molecule has 3 N–H and O–H groups in total. The van der Waals surface area contributed by atoms with Crippen LogP contribution in [-0.4, -0.2) is 38.5 Å². The first-order chi connectivity index (χ1) is 15.4. The molecule has 1 heterocycles. The Hall–Kier alpha value is -2.03. The molecule has 1 aromatic carbocycles. The zero-order valence-electron chi connectivity index (χ0n) is 20.4. The Balaban J connectivity index is 0.00000578. The van der Waals surface area contributed by atoms with Crippen LogP contribution in [0.1, 0.15) is 74.9 Å². The van der Waals surface area contributed by atoms with Gasteiger partial charge < -0.3 is 25.2 Å². The number of hydrogen-bond acceptors (Lipinski definition) is 6. The van der Waals surface area contributed by atoms with Crippen LogP contribution in [0, 0.1) is 5.82 Å². The average Bonchev–Trinajstić information content (AvgIpc) is 2.70. The van der Waals surface area contributed by atoms with E-state index in [-0.39, 0.29) is 53.6 Å². The first-order valence-electron chi connectivity index (χ1n) is 10.9. The van der Waals surface area contributed by atoms with Gasteiger partial charge in [-0.3, -0.25) is 4.98 Å². The van der Waals surface area contributed by atoms with Crippen LogP contribution >= 0.6 is 0 Å². The summed E-state index contributed by atoms with van der Waals surface area (Å²) in [5.41, 5.74) is 3.64. The summed E-state index contributed by atoms with van der Waals surface area (Å²) in [7, 11) is 0. The number of hydrogen-bond donors (Lipinski definition) is 3. The van der Waals surface area contributed by atoms with E-state index in [0.717, 1.165) is 0 Å². The smallest absolute Gasteiger partial charge is 0.550 e. The van der Waals surface area contributed by atoms with Gasteiger partial charge in [-0.2, -0.15) is 0 Å². The number of benzene rings is 1. The predicted octanol–water partition coefficient (Wildman–Crippen LogP) is 0.932. The Morgan fingerprint density at radius 1 is 1.12 bits per heavy atom. The van der Waals surface area contributed by atoms with Crippen molar-refractivity contribution in [3.8, 4) is 11.1 Å². The molecule has 0 saturated heterocycles. The molecule has 0 amide bonds. The standard InChI is InChI=1S/C26H32FNO5.Na/c1-14(2)25-21(11-10-19(30)12-20(31)13-22(32)33)24(17-6-8-18(27)9-7-17)23(16(5)29)26(28-25)15(3)4;/h6-11,14-15,19-20,29-31H,5,12-13H2,1-4H3,(H,32,33);/q;+1/p-1/b11-10+;/t19-,20-;/m1./s1. The van der Waals surface area contributed by atoms with Crippen molar-refractivity contribution in [2.45, 2.75) is 64.6 Å². The molecule has 0 aliphatic heterocycles. The first kappa shape index (κ1) is 30.0. The summed E-state index contributed by atoms with van der Waals surface area (Å²) in [5, 5.41) is 41.3. The van der Waals surface area contributed by atoms with E-state index < -0.39 is 30.4 Å². The molecule has 6 nitrogen and oxygen atoms in total. The number of carbonyl (C=O) groups is 1. The van der Waals surface area contributed by atoms with E-state index in [4.69, 9.17) is 4.98 Å². The fourth-order valence-electron chi connectivity index (χ4n) is 3.71. The van der Waals surface area contributed by atoms with Gasteiger partial charge in [0.25, 0.3) is 0 Å². The van der Waals surface area contributed by atoms with Crippen molar-refractivity contribution in [2.75, 3.05) is 0 Å². The van der Waals surface area contributed by atoms with Gasteiger partial charge in [0.1, 0.15) is 11.6 Å². The van der Waals surface area contributed by atoms with E-state index in [1.165, 1.54) is 18.2 Å². The van der Waals surface area contributed by atoms with Crippen molar-refractivity contribution in [2.24, 2.45) is 0 Å². The third kappa shape index (κ3) is 7.75. The number of carboxylic acids is 1. The number of halogens is 1. The number of carbonyl (C=O) groups excluding carboxylic acids is 1. The molecule has 0 aliphatic carbocycles. The van der Waals surface area contributed by atoms with Crippen LogP contribution in [0.5, 0.6) is 0 Å². The molecule has 0 unspecified atom stereocenters. The molecule has 0 bridgehead atoms. The van der Waals surface area contributed by atoms with Crippen molar-refractivity contribution in [3.63, 3.8) is 0 Å². The summed E-state index contributed by atoms with van der Waals surface area (Å²) >= 11 is 0. The van der Waals surface area contributed by atoms with Gasteiger partial charge in [-0.25, -0.2) is 4.39 Å². The topological polar surface area (TPSA) is 114 Å². The minimum Gasteiger partial charge on any atom is -0.550 e. The number of aliphatic hydroxyl groups excluding tert-OH is 3. The molecule has 2 aromatic rings. The number of pyridine rings is 1. The molecule has 0 saturated carbocycles. The van der Waals surface area contributed by atoms with Crippen LogP contribution in [0.2, 0.25) is 0 Å². The second-order valence-electron chi connectivity index (χ2n) is 8.70. The Morgan fingerprint density at radius 3 is 2.15 bits per heavy atom. The molecule has 0 fully saturated rings. The maximum atomic E-state index is 13.6. The van der Waals surface area contributed by atoms with Crippen LogP contribution in [-0.2, 0) is 4.79 Å². The molecule has 0 aliphatic rings. The van der Waals surface area contributed by atoms with E-state index >= 15 is 0 Å². The molecule has 0 spiro atoms. The third-order valence-corrected chi connectivity index (χ3v) is 5.21. The summed E-state index contributed by atoms with van der Waals surface area (Å²) in [5.74, 6) is -2.05. The fourth-order valence-corrected chi connectivity index (χ4v) is 3.71. The SMILES string of the molecule is C=C(O)c1c(C(C)C)nc(C(C)C)c(/C=C/[C@@H](O)C[C@@H](O)CC(=O)[O-])c1-c1ccc(F)cc1.[Na+]. The maximum absolute atomic E-state index is 13.6. The van der Waals surface area contributed by atoms with E-state index in [2.05, 4.69) is 6.58 Å². The zero-order valence-corrected chi connectivity index (χ0v) is 22.4. The van der Waals surface area contributed by atoms with Gasteiger partial charge in [0.15, 0.2) is 0 Å². The molecule has 2 atom stereocenters. The number of rotatable bonds is 10. The van der Waals surface area contributed by atoms with Crippen LogP contribution in [0.25, 0.3) is 23.0 Å². The van der Waals surface area contributed by atoms with Gasteiger partial charge in [-0.1, -0.05) is 58.6 Å². The largest absolute Gasteiger partial charge is 1.00 e. The number of nitrogens with zero attached hydrogens (tertiary/aromatic N) is 1. The summed E-state index contributed by atoms with van der Waals surface area (Å²) in [6.45, 7) is 11.6. The minimum absolute atomic E-state index is 0. The molecule has 178 valence electrons. The number of aliphatic carboxylic acids is 1. The maximum Gasteiger partial charge on any atom is 1.00 e. The van der Waals surface area contributed by atoms with Crippen molar-refractivity contribution < 1.29 is 59.2 Å². The van der Waals surface area contributed by atoms with Crippen molar-refractivity contribution in [3.05, 3.63) is 65.3 Å². The van der Waals surface area contributed by atoms with Gasteiger partial charge in [-0.05, 0) is 29.5 Å². The van der Waals surface area contributed by atoms with Gasteiger partial charge in [0, 0.05) is 35.5 Å². The van der Waals surface area contributed by atoms with Gasteiger partial charge in [0.05, 0.1) is 23.6 Å². The second kappa shape index (κ2) is 13.2. The molecular weight excluding hydrogens is 448 g/mol. The van der Waals surface area contributed by atoms with Gasteiger partial charge in [0.2, 0.25) is 0 Å². The Bertz CT molecular complexity index is 1030. The third-order valence-electron chi connectivity index (χ3n) is 5.21. The average molecular weight is 480 g/mol. The molecule has 8 heteroatoms. The van der Waals surface area contributed by atoms with Crippen molar-refractivity contribution in [1.29, 1.82) is 0 Å².